The summed E-state index contributed by atoms with van der Waals surface area (Å²) in [5, 5.41) is 7.30. The first-order valence-electron chi connectivity index (χ1n) is 15.0. The summed E-state index contributed by atoms with van der Waals surface area (Å²) in [7, 11) is -11.5. The van der Waals surface area contributed by atoms with Gasteiger partial charge in [-0.25, -0.2) is 9.78 Å². The number of nitrogens with zero attached hydrogens (tertiary/aromatic N) is 3. The standard InChI is InChI=1S/C27H41BN6O12P2/c1-19(2)16-23(32-24(35)21(17-20-6-4-3-5-7-20)31-25(36)22-18-29-8-9-30-22)28-45-14-11-34(12-15-46-28)10-13-44-26(37)33-27(47(38,39)40)48(41,42)43/h3-9,18-19,21,23,27H,10-17H2,1-2H3,(H,31,36)(H,32,35)(H,33,37)(H2,38,39,40)(H2,41,42,43)/t21-,23+/m0/s1. The molecule has 2 atom stereocenters. The topological polar surface area (TPSA) is 259 Å². The van der Waals surface area contributed by atoms with Gasteiger partial charge in [-0.1, -0.05) is 44.2 Å². The number of ether oxygens (including phenoxy) is 1. The van der Waals surface area contributed by atoms with E-state index < -0.39 is 57.7 Å². The molecule has 0 bridgehead atoms. The Kier molecular flexibility index (Phi) is 15.1. The molecule has 1 fully saturated rings. The summed E-state index contributed by atoms with van der Waals surface area (Å²) in [6, 6.07) is 8.29. The van der Waals surface area contributed by atoms with E-state index in [0.717, 1.165) is 5.56 Å². The monoisotopic (exact) mass is 714 g/mol. The van der Waals surface area contributed by atoms with Gasteiger partial charge in [0.05, 0.1) is 12.1 Å². The molecule has 21 heteroatoms. The lowest BCUT2D eigenvalue weighted by molar-refractivity contribution is -0.123. The molecule has 3 amide bonds. The number of nitrogens with one attached hydrogen (secondary N) is 3. The molecule has 2 heterocycles. The Hall–Kier alpha value is -3.25. The molecule has 1 aliphatic rings. The van der Waals surface area contributed by atoms with Crippen LogP contribution >= 0.6 is 15.2 Å². The molecule has 7 N–H and O–H groups in total. The van der Waals surface area contributed by atoms with Gasteiger partial charge in [0.25, 0.3) is 5.91 Å². The van der Waals surface area contributed by atoms with Crippen LogP contribution in [0.1, 0.15) is 36.3 Å². The predicted molar refractivity (Wildman–Crippen MR) is 171 cm³/mol. The van der Waals surface area contributed by atoms with Crippen LogP contribution in [0.2, 0.25) is 0 Å². The van der Waals surface area contributed by atoms with Crippen molar-refractivity contribution in [2.45, 2.75) is 44.2 Å². The molecule has 1 saturated heterocycles. The predicted octanol–water partition coefficient (Wildman–Crippen LogP) is 0.0900. The number of carbonyl (C=O) groups is 3. The van der Waals surface area contributed by atoms with E-state index in [9.17, 15) is 23.5 Å². The molecule has 264 valence electrons. The van der Waals surface area contributed by atoms with Crippen molar-refractivity contribution < 1.29 is 57.1 Å². The SMILES string of the molecule is CC(C)C[C@@H](NC(=O)[C@H](Cc1ccccc1)NC(=O)c1cnccn1)B1OCCN(CCOC(=O)NC(P(=O)(O)O)P(=O)(O)O)CCO1. The molecular weight excluding hydrogens is 673 g/mol. The molecule has 3 rings (SSSR count). The summed E-state index contributed by atoms with van der Waals surface area (Å²) in [6.07, 6.45) is 3.44. The molecule has 1 aromatic carbocycles. The summed E-state index contributed by atoms with van der Waals surface area (Å²) in [5.74, 6) is -1.42. The van der Waals surface area contributed by atoms with Crippen LogP contribution in [0.3, 0.4) is 0 Å². The minimum atomic E-state index is -5.36. The molecular formula is C27H41BN6O12P2. The minimum absolute atomic E-state index is 0.0656. The number of alkyl carbamates (subject to hydrolysis) is 1. The largest absolute Gasteiger partial charge is 0.480 e. The Balaban J connectivity index is 1.58. The third-order valence-corrected chi connectivity index (χ3v) is 10.3. The van der Waals surface area contributed by atoms with Gasteiger partial charge in [-0.15, -0.1) is 0 Å². The average Bonchev–Trinajstić information content (AvgIpc) is 2.99. The second-order valence-electron chi connectivity index (χ2n) is 11.3. The number of rotatable bonds is 15. The second kappa shape index (κ2) is 18.5. The maximum absolute atomic E-state index is 13.7. The Morgan fingerprint density at radius 2 is 1.62 bits per heavy atom. The summed E-state index contributed by atoms with van der Waals surface area (Å²) >= 11 is 0. The minimum Gasteiger partial charge on any atom is -0.448 e. The summed E-state index contributed by atoms with van der Waals surface area (Å²) < 4.78 is 39.6. The number of carbonyl (C=O) groups excluding carboxylic acids is 3. The number of hydrogen-bond donors (Lipinski definition) is 7. The maximum atomic E-state index is 13.7. The van der Waals surface area contributed by atoms with E-state index in [0.29, 0.717) is 19.5 Å². The highest BCUT2D eigenvalue weighted by Crippen LogP contribution is 2.58. The molecule has 2 aromatic rings. The normalized spacial score (nSPS) is 16.0. The molecule has 48 heavy (non-hydrogen) atoms. The first kappa shape index (κ1) is 39.2. The third-order valence-electron chi connectivity index (χ3n) is 6.99. The van der Waals surface area contributed by atoms with E-state index >= 15 is 0 Å². The van der Waals surface area contributed by atoms with Gasteiger partial charge in [0.1, 0.15) is 18.3 Å². The molecule has 0 aliphatic carbocycles. The van der Waals surface area contributed by atoms with Gasteiger partial charge in [0.2, 0.25) is 11.4 Å². The summed E-state index contributed by atoms with van der Waals surface area (Å²) in [5.41, 5.74) is -1.82. The van der Waals surface area contributed by atoms with Gasteiger partial charge in [-0.3, -0.25) is 33.9 Å². The van der Waals surface area contributed by atoms with Gasteiger partial charge in [-0.2, -0.15) is 0 Å². The van der Waals surface area contributed by atoms with E-state index in [-0.39, 0.29) is 44.4 Å². The van der Waals surface area contributed by atoms with Gasteiger partial charge in [0.15, 0.2) is 0 Å². The van der Waals surface area contributed by atoms with E-state index in [1.807, 2.05) is 49.1 Å². The summed E-state index contributed by atoms with van der Waals surface area (Å²) in [4.78, 5) is 84.9. The lowest BCUT2D eigenvalue weighted by atomic mass is 9.73. The fraction of sp³-hybridized carbons (Fsp3) is 0.519. The van der Waals surface area contributed by atoms with Crippen molar-refractivity contribution in [3.63, 3.8) is 0 Å². The second-order valence-corrected chi connectivity index (χ2v) is 15.1. The Morgan fingerprint density at radius 3 is 2.19 bits per heavy atom. The van der Waals surface area contributed by atoms with Gasteiger partial charge in [-0.05, 0) is 17.9 Å². The number of benzene rings is 1. The van der Waals surface area contributed by atoms with Crippen LogP contribution in [0, 0.1) is 5.92 Å². The fourth-order valence-corrected chi connectivity index (χ4v) is 6.84. The maximum Gasteiger partial charge on any atom is 0.480 e. The zero-order valence-electron chi connectivity index (χ0n) is 26.5. The first-order valence-corrected chi connectivity index (χ1v) is 18.4. The van der Waals surface area contributed by atoms with Gasteiger partial charge >= 0.3 is 28.4 Å². The van der Waals surface area contributed by atoms with E-state index in [2.05, 4.69) is 20.6 Å². The van der Waals surface area contributed by atoms with Crippen molar-refractivity contribution >= 4 is 40.2 Å². The van der Waals surface area contributed by atoms with Crippen molar-refractivity contribution in [1.82, 2.24) is 30.8 Å². The molecule has 18 nitrogen and oxygen atoms in total. The van der Waals surface area contributed by atoms with Crippen LogP contribution in [-0.2, 0) is 34.4 Å². The highest BCUT2D eigenvalue weighted by atomic mass is 31.2. The van der Waals surface area contributed by atoms with Crippen molar-refractivity contribution in [1.29, 1.82) is 0 Å². The average molecular weight is 714 g/mol. The van der Waals surface area contributed by atoms with Crippen LogP contribution in [0.5, 0.6) is 0 Å². The lowest BCUT2D eigenvalue weighted by Gasteiger charge is -2.32. The van der Waals surface area contributed by atoms with Crippen LogP contribution in [0.25, 0.3) is 0 Å². The quantitative estimate of drug-likeness (QED) is 0.0953. The number of aromatic nitrogens is 2. The van der Waals surface area contributed by atoms with Crippen molar-refractivity contribution in [2.24, 2.45) is 5.92 Å². The molecule has 0 saturated carbocycles. The fourth-order valence-electron chi connectivity index (χ4n) is 4.73. The highest BCUT2D eigenvalue weighted by Gasteiger charge is 2.45. The smallest absolute Gasteiger partial charge is 0.448 e. The van der Waals surface area contributed by atoms with Gasteiger partial charge in [0, 0.05) is 51.7 Å². The van der Waals surface area contributed by atoms with Crippen LogP contribution in [0.4, 0.5) is 4.79 Å². The Labute approximate surface area is 277 Å². The molecule has 0 unspecified atom stereocenters. The Bertz CT molecular complexity index is 1400. The van der Waals surface area contributed by atoms with Crippen LogP contribution in [-0.4, -0.2) is 116 Å². The number of amides is 3. The zero-order chi connectivity index (χ0) is 35.3. The van der Waals surface area contributed by atoms with E-state index in [1.165, 1.54) is 23.9 Å². The summed E-state index contributed by atoms with van der Waals surface area (Å²) in [6.45, 7) is 4.92. The molecule has 0 radical (unpaired) electrons. The third kappa shape index (κ3) is 13.3. The molecule has 1 aromatic heterocycles. The van der Waals surface area contributed by atoms with E-state index in [1.54, 1.807) is 0 Å². The van der Waals surface area contributed by atoms with Crippen molar-refractivity contribution in [2.75, 3.05) is 39.5 Å². The lowest BCUT2D eigenvalue weighted by Crippen LogP contribution is -2.57. The molecule has 1 aliphatic heterocycles. The van der Waals surface area contributed by atoms with Crippen molar-refractivity contribution in [3.8, 4) is 0 Å². The Morgan fingerprint density at radius 1 is 0.979 bits per heavy atom. The molecule has 0 spiro atoms. The van der Waals surface area contributed by atoms with E-state index in [4.69, 9.17) is 33.6 Å². The van der Waals surface area contributed by atoms with Crippen LogP contribution < -0.4 is 16.0 Å². The first-order chi connectivity index (χ1) is 22.6. The van der Waals surface area contributed by atoms with Gasteiger partial charge < -0.3 is 44.3 Å². The van der Waals surface area contributed by atoms with Crippen LogP contribution in [0.15, 0.2) is 48.9 Å². The zero-order valence-corrected chi connectivity index (χ0v) is 28.2. The number of hydrogen-bond acceptors (Lipinski definition) is 11. The highest BCUT2D eigenvalue weighted by molar-refractivity contribution is 7.70. The van der Waals surface area contributed by atoms with Crippen molar-refractivity contribution in [3.05, 3.63) is 60.2 Å².